The van der Waals surface area contributed by atoms with Gasteiger partial charge in [-0.1, -0.05) is 33.8 Å². The van der Waals surface area contributed by atoms with Crippen molar-refractivity contribution in [3.8, 4) is 11.4 Å². The summed E-state index contributed by atoms with van der Waals surface area (Å²) in [6.45, 7) is 8.18. The van der Waals surface area contributed by atoms with Gasteiger partial charge in [0.2, 0.25) is 11.8 Å². The zero-order valence-corrected chi connectivity index (χ0v) is 23.0. The van der Waals surface area contributed by atoms with Crippen LogP contribution in [0.4, 0.5) is 14.6 Å². The summed E-state index contributed by atoms with van der Waals surface area (Å²) in [7, 11) is 1.57. The Morgan fingerprint density at radius 2 is 1.89 bits per heavy atom. The molecule has 1 aliphatic heterocycles. The number of nitrogens with one attached hydrogen (secondary N) is 1. The third kappa shape index (κ3) is 5.55. The molecular formula is C28H32F2N4O3S. The Hall–Kier alpha value is -3.40. The number of rotatable bonds is 7. The van der Waals surface area contributed by atoms with Crippen LogP contribution >= 0.6 is 11.8 Å². The van der Waals surface area contributed by atoms with Crippen LogP contribution in [0.2, 0.25) is 0 Å². The summed E-state index contributed by atoms with van der Waals surface area (Å²) >= 11 is 1.24. The number of hydrogen-bond acceptors (Lipinski definition) is 5. The molecule has 0 fully saturated rings. The van der Waals surface area contributed by atoms with Gasteiger partial charge in [-0.25, -0.2) is 13.5 Å². The minimum atomic E-state index is -0.702. The maximum Gasteiger partial charge on any atom is 0.240 e. The van der Waals surface area contributed by atoms with Crippen LogP contribution in [0.15, 0.2) is 42.5 Å². The zero-order chi connectivity index (χ0) is 27.6. The quantitative estimate of drug-likeness (QED) is 0.447. The van der Waals surface area contributed by atoms with Crippen molar-refractivity contribution >= 4 is 29.4 Å². The first kappa shape index (κ1) is 27.6. The number of aromatic nitrogens is 2. The molecule has 4 rings (SSSR count). The largest absolute Gasteiger partial charge is 0.497 e. The van der Waals surface area contributed by atoms with Crippen molar-refractivity contribution in [2.75, 3.05) is 30.9 Å². The number of hydrogen-bond donors (Lipinski definition) is 1. The minimum Gasteiger partial charge on any atom is -0.497 e. The third-order valence-electron chi connectivity index (χ3n) is 6.24. The summed E-state index contributed by atoms with van der Waals surface area (Å²) in [5.74, 6) is -0.936. The van der Waals surface area contributed by atoms with Gasteiger partial charge in [0.15, 0.2) is 0 Å². The molecule has 1 N–H and O–H groups in total. The number of carbonyl (C=O) groups is 2. The van der Waals surface area contributed by atoms with Gasteiger partial charge < -0.3 is 10.1 Å². The highest BCUT2D eigenvalue weighted by atomic mass is 32.2. The monoisotopic (exact) mass is 542 g/mol. The van der Waals surface area contributed by atoms with E-state index >= 15 is 4.39 Å². The smallest absolute Gasteiger partial charge is 0.240 e. The second-order valence-electron chi connectivity index (χ2n) is 10.1. The van der Waals surface area contributed by atoms with Gasteiger partial charge in [0, 0.05) is 29.2 Å². The average Bonchev–Trinajstić information content (AvgIpc) is 3.22. The number of carbonyl (C=O) groups excluding carboxylic acids is 2. The summed E-state index contributed by atoms with van der Waals surface area (Å²) < 4.78 is 36.0. The Balaban J connectivity index is 2.00. The van der Waals surface area contributed by atoms with Crippen molar-refractivity contribution in [1.82, 2.24) is 15.1 Å². The molecule has 202 valence electrons. The van der Waals surface area contributed by atoms with E-state index in [1.807, 2.05) is 39.8 Å². The molecule has 1 unspecified atom stereocenters. The van der Waals surface area contributed by atoms with Crippen molar-refractivity contribution in [2.24, 2.45) is 0 Å². The van der Waals surface area contributed by atoms with Gasteiger partial charge in [0.25, 0.3) is 0 Å². The lowest BCUT2D eigenvalue weighted by Gasteiger charge is -2.24. The Bertz CT molecular complexity index is 1340. The van der Waals surface area contributed by atoms with E-state index in [0.29, 0.717) is 35.1 Å². The number of ether oxygens (including phenoxy) is 1. The van der Waals surface area contributed by atoms with E-state index in [-0.39, 0.29) is 29.7 Å². The summed E-state index contributed by atoms with van der Waals surface area (Å²) in [5.41, 5.74) is 1.67. The standard InChI is InChI=1S/C28H32F2N4O3S/c1-6-13-31-22(35)15-33-23(36)16-38-25(20-12-7-17(29)14-21(20)30)24-26(28(2,3)4)32-34(27(24)33)18-8-10-19(37-5)11-9-18/h7-12,14,25H,6,13,15-16H2,1-5H3,(H,31,35). The Labute approximate surface area is 225 Å². The number of thioether (sulfide) groups is 1. The van der Waals surface area contributed by atoms with E-state index in [2.05, 4.69) is 5.32 Å². The van der Waals surface area contributed by atoms with Crippen LogP contribution in [0.3, 0.4) is 0 Å². The van der Waals surface area contributed by atoms with Gasteiger partial charge in [0.1, 0.15) is 29.7 Å². The van der Waals surface area contributed by atoms with E-state index in [1.165, 1.54) is 28.8 Å². The van der Waals surface area contributed by atoms with E-state index in [4.69, 9.17) is 9.84 Å². The molecule has 10 heteroatoms. The van der Waals surface area contributed by atoms with Crippen LogP contribution < -0.4 is 15.0 Å². The van der Waals surface area contributed by atoms with Crippen molar-refractivity contribution in [3.05, 3.63) is 70.9 Å². The number of halogens is 2. The van der Waals surface area contributed by atoms with Gasteiger partial charge in [-0.15, -0.1) is 11.8 Å². The SMILES string of the molecule is CCCNC(=O)CN1C(=O)CSC(c2ccc(F)cc2F)c2c(C(C)(C)C)nn(-c3ccc(OC)cc3)c21. The Kier molecular flexibility index (Phi) is 8.10. The van der Waals surface area contributed by atoms with Gasteiger partial charge in [0.05, 0.1) is 29.5 Å². The topological polar surface area (TPSA) is 76.5 Å². The maximum atomic E-state index is 15.2. The predicted molar refractivity (Wildman–Crippen MR) is 145 cm³/mol. The Morgan fingerprint density at radius 1 is 1.18 bits per heavy atom. The van der Waals surface area contributed by atoms with Gasteiger partial charge in [-0.2, -0.15) is 5.10 Å². The highest BCUT2D eigenvalue weighted by Crippen LogP contribution is 2.49. The first-order valence-corrected chi connectivity index (χ1v) is 13.5. The predicted octanol–water partition coefficient (Wildman–Crippen LogP) is 5.15. The van der Waals surface area contributed by atoms with E-state index in [0.717, 1.165) is 12.5 Å². The number of nitrogens with zero attached hydrogens (tertiary/aromatic N) is 3. The van der Waals surface area contributed by atoms with E-state index in [9.17, 15) is 14.0 Å². The van der Waals surface area contributed by atoms with Crippen LogP contribution in [-0.4, -0.2) is 47.5 Å². The highest BCUT2D eigenvalue weighted by molar-refractivity contribution is 8.00. The molecule has 38 heavy (non-hydrogen) atoms. The molecule has 0 radical (unpaired) electrons. The summed E-state index contributed by atoms with van der Waals surface area (Å²) in [4.78, 5) is 27.8. The molecule has 0 spiro atoms. The van der Waals surface area contributed by atoms with Crippen LogP contribution in [0.1, 0.15) is 56.2 Å². The fourth-order valence-electron chi connectivity index (χ4n) is 4.40. The Morgan fingerprint density at radius 3 is 2.50 bits per heavy atom. The summed E-state index contributed by atoms with van der Waals surface area (Å²) in [6, 6.07) is 10.7. The summed E-state index contributed by atoms with van der Waals surface area (Å²) in [5, 5.41) is 7.13. The average molecular weight is 543 g/mol. The minimum absolute atomic E-state index is 0.00339. The van der Waals surface area contributed by atoms with Crippen LogP contribution in [-0.2, 0) is 15.0 Å². The van der Waals surface area contributed by atoms with Crippen molar-refractivity contribution in [1.29, 1.82) is 0 Å². The zero-order valence-electron chi connectivity index (χ0n) is 22.2. The molecule has 3 aromatic rings. The lowest BCUT2D eigenvalue weighted by molar-refractivity contribution is -0.122. The number of amides is 2. The molecule has 2 amide bonds. The number of benzene rings is 2. The molecule has 0 aliphatic carbocycles. The lowest BCUT2D eigenvalue weighted by atomic mass is 9.87. The van der Waals surface area contributed by atoms with E-state index in [1.54, 1.807) is 23.9 Å². The normalized spacial score (nSPS) is 15.7. The first-order valence-electron chi connectivity index (χ1n) is 12.5. The number of anilines is 1. The number of fused-ring (bicyclic) bond motifs is 1. The first-order chi connectivity index (χ1) is 18.0. The fraction of sp³-hybridized carbons (Fsp3) is 0.393. The van der Waals surface area contributed by atoms with Crippen LogP contribution in [0.25, 0.3) is 5.69 Å². The molecule has 0 saturated heterocycles. The second-order valence-corrected chi connectivity index (χ2v) is 11.2. The molecule has 0 saturated carbocycles. The van der Waals surface area contributed by atoms with E-state index < -0.39 is 22.3 Å². The molecule has 7 nitrogen and oxygen atoms in total. The maximum absolute atomic E-state index is 15.2. The number of methoxy groups -OCH3 is 1. The molecule has 2 heterocycles. The lowest BCUT2D eigenvalue weighted by Crippen LogP contribution is -2.42. The van der Waals surface area contributed by atoms with Gasteiger partial charge in [-0.3, -0.25) is 14.5 Å². The second kappa shape index (κ2) is 11.1. The van der Waals surface area contributed by atoms with Gasteiger partial charge >= 0.3 is 0 Å². The molecule has 1 aliphatic rings. The van der Waals surface area contributed by atoms with Crippen molar-refractivity contribution in [3.63, 3.8) is 0 Å². The fourth-order valence-corrected chi connectivity index (χ4v) is 5.62. The van der Waals surface area contributed by atoms with Crippen molar-refractivity contribution in [2.45, 2.75) is 44.8 Å². The molecule has 1 atom stereocenters. The third-order valence-corrected chi connectivity index (χ3v) is 7.47. The van der Waals surface area contributed by atoms with Crippen LogP contribution in [0, 0.1) is 11.6 Å². The van der Waals surface area contributed by atoms with Crippen LogP contribution in [0.5, 0.6) is 5.75 Å². The molecular weight excluding hydrogens is 510 g/mol. The highest BCUT2D eigenvalue weighted by Gasteiger charge is 2.40. The molecule has 1 aromatic heterocycles. The summed E-state index contributed by atoms with van der Waals surface area (Å²) in [6.07, 6.45) is 0.755. The molecule has 0 bridgehead atoms. The molecule has 2 aromatic carbocycles. The van der Waals surface area contributed by atoms with Gasteiger partial charge in [-0.05, 0) is 36.8 Å². The van der Waals surface area contributed by atoms with Crippen molar-refractivity contribution < 1.29 is 23.1 Å².